The van der Waals surface area contributed by atoms with E-state index in [1.54, 1.807) is 24.3 Å². The summed E-state index contributed by atoms with van der Waals surface area (Å²) in [5, 5.41) is 3.60. The minimum atomic E-state index is -0.0686. The van der Waals surface area contributed by atoms with Crippen molar-refractivity contribution >= 4 is 33.4 Å². The summed E-state index contributed by atoms with van der Waals surface area (Å²) in [6, 6.07) is 7.00. The summed E-state index contributed by atoms with van der Waals surface area (Å²) in [4.78, 5) is 12.4. The maximum absolute atomic E-state index is 11.7. The first-order valence-electron chi connectivity index (χ1n) is 6.92. The van der Waals surface area contributed by atoms with Crippen LogP contribution in [0.2, 0.25) is 5.02 Å². The molecule has 0 saturated heterocycles. The van der Waals surface area contributed by atoms with E-state index < -0.39 is 0 Å². The van der Waals surface area contributed by atoms with Gasteiger partial charge in [-0.1, -0.05) is 27.5 Å². The minimum Gasteiger partial charge on any atom is -0.484 e. The van der Waals surface area contributed by atoms with Crippen molar-refractivity contribution in [2.24, 2.45) is 5.92 Å². The first-order chi connectivity index (χ1) is 9.63. The van der Waals surface area contributed by atoms with Crippen molar-refractivity contribution in [1.29, 1.82) is 0 Å². The predicted molar refractivity (Wildman–Crippen MR) is 84.6 cm³/mol. The molecule has 1 aliphatic carbocycles. The molecule has 0 spiro atoms. The molecule has 0 aliphatic heterocycles. The van der Waals surface area contributed by atoms with Gasteiger partial charge in [0.15, 0.2) is 6.61 Å². The number of benzene rings is 1. The van der Waals surface area contributed by atoms with Gasteiger partial charge in [-0.25, -0.2) is 0 Å². The van der Waals surface area contributed by atoms with Crippen molar-refractivity contribution in [3.8, 4) is 5.75 Å². The quantitative estimate of drug-likeness (QED) is 0.811. The maximum atomic E-state index is 11.7. The van der Waals surface area contributed by atoms with E-state index in [9.17, 15) is 4.79 Å². The normalized spacial score (nSPS) is 22.3. The largest absolute Gasteiger partial charge is 0.484 e. The van der Waals surface area contributed by atoms with E-state index in [0.29, 0.717) is 21.5 Å². The van der Waals surface area contributed by atoms with Gasteiger partial charge < -0.3 is 10.1 Å². The summed E-state index contributed by atoms with van der Waals surface area (Å²) < 4.78 is 5.40. The zero-order valence-corrected chi connectivity index (χ0v) is 13.6. The van der Waals surface area contributed by atoms with Crippen molar-refractivity contribution < 1.29 is 9.53 Å². The van der Waals surface area contributed by atoms with Gasteiger partial charge in [-0.2, -0.15) is 0 Å². The third-order valence-electron chi connectivity index (χ3n) is 3.55. The predicted octanol–water partition coefficient (Wildman–Crippen LogP) is 3.79. The lowest BCUT2D eigenvalue weighted by molar-refractivity contribution is -0.123. The summed E-state index contributed by atoms with van der Waals surface area (Å²) in [7, 11) is 0. The lowest BCUT2D eigenvalue weighted by atomic mass is 9.89. The number of halogens is 2. The van der Waals surface area contributed by atoms with Gasteiger partial charge in [0.05, 0.1) is 0 Å². The molecule has 3 nitrogen and oxygen atoms in total. The van der Waals surface area contributed by atoms with Crippen molar-refractivity contribution in [2.45, 2.75) is 30.5 Å². The molecule has 1 saturated carbocycles. The molecule has 5 heteroatoms. The molecule has 1 amide bonds. The van der Waals surface area contributed by atoms with Crippen molar-refractivity contribution in [1.82, 2.24) is 5.32 Å². The van der Waals surface area contributed by atoms with Crippen LogP contribution >= 0.6 is 27.5 Å². The van der Waals surface area contributed by atoms with Gasteiger partial charge in [-0.05, 0) is 55.9 Å². The zero-order valence-electron chi connectivity index (χ0n) is 11.3. The van der Waals surface area contributed by atoms with Crippen LogP contribution in [0.4, 0.5) is 0 Å². The Morgan fingerprint density at radius 3 is 2.55 bits per heavy atom. The smallest absolute Gasteiger partial charge is 0.257 e. The SMILES string of the molecule is O=C(COc1ccc(Cl)cc1)NCC1CCC(Br)CC1. The Labute approximate surface area is 133 Å². The summed E-state index contributed by atoms with van der Waals surface area (Å²) in [6.45, 7) is 0.804. The van der Waals surface area contributed by atoms with Crippen molar-refractivity contribution in [2.75, 3.05) is 13.2 Å². The van der Waals surface area contributed by atoms with Crippen LogP contribution in [0, 0.1) is 5.92 Å². The topological polar surface area (TPSA) is 38.3 Å². The number of rotatable bonds is 5. The van der Waals surface area contributed by atoms with E-state index in [1.165, 1.54) is 25.7 Å². The second kappa shape index (κ2) is 7.89. The van der Waals surface area contributed by atoms with Gasteiger partial charge in [0.25, 0.3) is 5.91 Å². The van der Waals surface area contributed by atoms with E-state index >= 15 is 0 Å². The van der Waals surface area contributed by atoms with Crippen LogP contribution in [0.15, 0.2) is 24.3 Å². The molecule has 0 atom stereocenters. The lowest BCUT2D eigenvalue weighted by Gasteiger charge is -2.25. The average molecular weight is 361 g/mol. The molecule has 2 rings (SSSR count). The average Bonchev–Trinajstić information content (AvgIpc) is 2.46. The van der Waals surface area contributed by atoms with Gasteiger partial charge in [-0.15, -0.1) is 0 Å². The molecule has 0 unspecified atom stereocenters. The van der Waals surface area contributed by atoms with Crippen molar-refractivity contribution in [3.63, 3.8) is 0 Å². The van der Waals surface area contributed by atoms with E-state index in [-0.39, 0.29) is 12.5 Å². The fourth-order valence-electron chi connectivity index (χ4n) is 2.31. The summed E-state index contributed by atoms with van der Waals surface area (Å²) in [5.41, 5.74) is 0. The zero-order chi connectivity index (χ0) is 14.4. The number of ether oxygens (including phenoxy) is 1. The summed E-state index contributed by atoms with van der Waals surface area (Å²) in [5.74, 6) is 1.19. The van der Waals surface area contributed by atoms with Crippen LogP contribution in [-0.2, 0) is 4.79 Å². The highest BCUT2D eigenvalue weighted by atomic mass is 79.9. The Balaban J connectivity index is 1.64. The van der Waals surface area contributed by atoms with E-state index in [0.717, 1.165) is 6.54 Å². The molecular weight excluding hydrogens is 342 g/mol. The fourth-order valence-corrected chi connectivity index (χ4v) is 2.97. The van der Waals surface area contributed by atoms with Gasteiger partial charge in [-0.3, -0.25) is 4.79 Å². The van der Waals surface area contributed by atoms with Crippen LogP contribution < -0.4 is 10.1 Å². The van der Waals surface area contributed by atoms with Crippen molar-refractivity contribution in [3.05, 3.63) is 29.3 Å². The number of amides is 1. The van der Waals surface area contributed by atoms with Crippen LogP contribution in [0.25, 0.3) is 0 Å². The van der Waals surface area contributed by atoms with E-state index in [4.69, 9.17) is 16.3 Å². The highest BCUT2D eigenvalue weighted by Crippen LogP contribution is 2.28. The van der Waals surface area contributed by atoms with Crippen LogP contribution in [0.5, 0.6) is 5.75 Å². The molecule has 0 heterocycles. The summed E-state index contributed by atoms with van der Waals surface area (Å²) >= 11 is 9.42. The molecule has 20 heavy (non-hydrogen) atoms. The van der Waals surface area contributed by atoms with E-state index in [2.05, 4.69) is 21.2 Å². The van der Waals surface area contributed by atoms with Crippen LogP contribution in [0.3, 0.4) is 0 Å². The monoisotopic (exact) mass is 359 g/mol. The third-order valence-corrected chi connectivity index (χ3v) is 4.72. The van der Waals surface area contributed by atoms with Crippen LogP contribution in [-0.4, -0.2) is 23.9 Å². The number of nitrogens with one attached hydrogen (secondary N) is 1. The molecule has 0 radical (unpaired) electrons. The lowest BCUT2D eigenvalue weighted by Crippen LogP contribution is -2.34. The second-order valence-electron chi connectivity index (χ2n) is 5.16. The first kappa shape index (κ1) is 15.6. The molecule has 0 bridgehead atoms. The molecule has 0 aromatic heterocycles. The second-order valence-corrected chi connectivity index (χ2v) is 6.90. The fraction of sp³-hybridized carbons (Fsp3) is 0.533. The molecule has 1 N–H and O–H groups in total. The molecule has 1 fully saturated rings. The van der Waals surface area contributed by atoms with Gasteiger partial charge in [0, 0.05) is 16.4 Å². The number of hydrogen-bond acceptors (Lipinski definition) is 2. The number of carbonyl (C=O) groups excluding carboxylic acids is 1. The Morgan fingerprint density at radius 1 is 1.25 bits per heavy atom. The Morgan fingerprint density at radius 2 is 1.90 bits per heavy atom. The third kappa shape index (κ3) is 5.33. The number of hydrogen-bond donors (Lipinski definition) is 1. The number of alkyl halides is 1. The van der Waals surface area contributed by atoms with E-state index in [1.807, 2.05) is 0 Å². The molecule has 1 aromatic rings. The Bertz CT molecular complexity index is 430. The van der Waals surface area contributed by atoms with Gasteiger partial charge in [0.2, 0.25) is 0 Å². The minimum absolute atomic E-state index is 0.0510. The maximum Gasteiger partial charge on any atom is 0.257 e. The number of carbonyl (C=O) groups is 1. The molecule has 1 aliphatic rings. The molecule has 1 aromatic carbocycles. The highest BCUT2D eigenvalue weighted by molar-refractivity contribution is 9.09. The van der Waals surface area contributed by atoms with Gasteiger partial charge in [0.1, 0.15) is 5.75 Å². The Hall–Kier alpha value is -0.740. The molecule has 110 valence electrons. The Kier molecular flexibility index (Phi) is 6.17. The first-order valence-corrected chi connectivity index (χ1v) is 8.22. The van der Waals surface area contributed by atoms with Crippen LogP contribution in [0.1, 0.15) is 25.7 Å². The highest BCUT2D eigenvalue weighted by Gasteiger charge is 2.19. The molecular formula is C15H19BrClNO2. The summed E-state index contributed by atoms with van der Waals surface area (Å²) in [6.07, 6.45) is 4.74. The van der Waals surface area contributed by atoms with Gasteiger partial charge >= 0.3 is 0 Å². The standard InChI is InChI=1S/C15H19BrClNO2/c16-12-3-1-11(2-4-12)9-18-15(19)10-20-14-7-5-13(17)6-8-14/h5-8,11-12H,1-4,9-10H2,(H,18,19).